The van der Waals surface area contributed by atoms with E-state index in [1.54, 1.807) is 29.2 Å². The molecule has 0 spiro atoms. The molecule has 1 saturated carbocycles. The Morgan fingerprint density at radius 2 is 1.63 bits per heavy atom. The van der Waals surface area contributed by atoms with Crippen LogP contribution in [0.15, 0.2) is 24.3 Å². The van der Waals surface area contributed by atoms with Gasteiger partial charge in [0.15, 0.2) is 0 Å². The molecule has 0 bridgehead atoms. The van der Waals surface area contributed by atoms with Crippen molar-refractivity contribution in [1.29, 1.82) is 0 Å². The number of nitrogens with zero attached hydrogens (tertiary/aromatic N) is 2. The lowest BCUT2D eigenvalue weighted by atomic mass is 9.98. The Hall–Kier alpha value is -2.37. The van der Waals surface area contributed by atoms with Gasteiger partial charge in [-0.1, -0.05) is 27.7 Å². The summed E-state index contributed by atoms with van der Waals surface area (Å²) in [5, 5.41) is 0. The van der Waals surface area contributed by atoms with E-state index in [-0.39, 0.29) is 40.9 Å². The van der Waals surface area contributed by atoms with Crippen molar-refractivity contribution in [2.24, 2.45) is 16.7 Å². The summed E-state index contributed by atoms with van der Waals surface area (Å²) in [6, 6.07) is 6.12. The van der Waals surface area contributed by atoms with Gasteiger partial charge in [0.2, 0.25) is 11.8 Å². The normalized spacial score (nSPS) is 22.9. The topological polar surface area (TPSA) is 66.9 Å². The van der Waals surface area contributed by atoms with Crippen LogP contribution in [-0.4, -0.2) is 40.8 Å². The summed E-state index contributed by atoms with van der Waals surface area (Å²) in [5.41, 5.74) is -0.368. The molecule has 1 aromatic rings. The number of carbonyl (C=O) groups is 3. The third kappa shape index (κ3) is 3.40. The molecule has 0 aromatic heterocycles. The SMILES string of the molecule is CCOc1ccc(N2C(=O)CC(N(C(=O)C3C(C)(C)C3(C)C)C(C)(C)C)C2=O)cc1. The predicted molar refractivity (Wildman–Crippen MR) is 116 cm³/mol. The van der Waals surface area contributed by atoms with Gasteiger partial charge in [0.05, 0.1) is 18.7 Å². The van der Waals surface area contributed by atoms with Crippen molar-refractivity contribution >= 4 is 23.4 Å². The molecule has 1 unspecified atom stereocenters. The van der Waals surface area contributed by atoms with Crippen LogP contribution in [0.25, 0.3) is 0 Å². The van der Waals surface area contributed by atoms with Gasteiger partial charge in [0, 0.05) is 11.5 Å². The molecule has 6 heteroatoms. The monoisotopic (exact) mass is 414 g/mol. The molecular formula is C24H34N2O4. The lowest BCUT2D eigenvalue weighted by Gasteiger charge is -2.39. The van der Waals surface area contributed by atoms with Gasteiger partial charge in [-0.3, -0.25) is 14.4 Å². The summed E-state index contributed by atoms with van der Waals surface area (Å²) in [6.07, 6.45) is 0.00261. The van der Waals surface area contributed by atoms with Gasteiger partial charge in [-0.2, -0.15) is 0 Å². The molecule has 0 N–H and O–H groups in total. The molecule has 2 aliphatic rings. The zero-order chi connectivity index (χ0) is 22.6. The summed E-state index contributed by atoms with van der Waals surface area (Å²) in [5.74, 6) is -0.167. The van der Waals surface area contributed by atoms with Crippen LogP contribution in [-0.2, 0) is 14.4 Å². The van der Waals surface area contributed by atoms with E-state index in [1.807, 2.05) is 27.7 Å². The number of amides is 3. The quantitative estimate of drug-likeness (QED) is 0.683. The van der Waals surface area contributed by atoms with Gasteiger partial charge in [0.25, 0.3) is 5.91 Å². The van der Waals surface area contributed by atoms with Crippen molar-refractivity contribution in [3.8, 4) is 5.75 Å². The second kappa shape index (κ2) is 7.10. The Balaban J connectivity index is 1.90. The second-order valence-electron chi connectivity index (χ2n) is 10.5. The Morgan fingerprint density at radius 1 is 1.10 bits per heavy atom. The van der Waals surface area contributed by atoms with Crippen molar-refractivity contribution in [3.63, 3.8) is 0 Å². The Labute approximate surface area is 179 Å². The van der Waals surface area contributed by atoms with E-state index >= 15 is 0 Å². The highest BCUT2D eigenvalue weighted by Gasteiger charge is 2.70. The van der Waals surface area contributed by atoms with Crippen LogP contribution in [0.2, 0.25) is 0 Å². The number of benzene rings is 1. The third-order valence-corrected chi connectivity index (χ3v) is 7.07. The molecule has 1 atom stereocenters. The van der Waals surface area contributed by atoms with Gasteiger partial charge in [0.1, 0.15) is 11.8 Å². The maximum Gasteiger partial charge on any atom is 0.257 e. The lowest BCUT2D eigenvalue weighted by molar-refractivity contribution is -0.146. The number of rotatable bonds is 5. The maximum atomic E-state index is 13.6. The van der Waals surface area contributed by atoms with Gasteiger partial charge in [-0.05, 0) is 62.8 Å². The van der Waals surface area contributed by atoms with E-state index in [9.17, 15) is 14.4 Å². The number of carbonyl (C=O) groups excluding carboxylic acids is 3. The number of ether oxygens (including phenoxy) is 1. The minimum Gasteiger partial charge on any atom is -0.494 e. The van der Waals surface area contributed by atoms with E-state index in [0.29, 0.717) is 18.0 Å². The van der Waals surface area contributed by atoms with Gasteiger partial charge in [-0.15, -0.1) is 0 Å². The molecule has 30 heavy (non-hydrogen) atoms. The molecule has 2 fully saturated rings. The number of anilines is 1. The molecule has 0 radical (unpaired) electrons. The summed E-state index contributed by atoms with van der Waals surface area (Å²) >= 11 is 0. The lowest BCUT2D eigenvalue weighted by Crippen LogP contribution is -2.55. The predicted octanol–water partition coefficient (Wildman–Crippen LogP) is 4.03. The van der Waals surface area contributed by atoms with Crippen molar-refractivity contribution in [3.05, 3.63) is 24.3 Å². The largest absolute Gasteiger partial charge is 0.494 e. The summed E-state index contributed by atoms with van der Waals surface area (Å²) in [7, 11) is 0. The van der Waals surface area contributed by atoms with Gasteiger partial charge >= 0.3 is 0 Å². The van der Waals surface area contributed by atoms with E-state index in [2.05, 4.69) is 27.7 Å². The second-order valence-corrected chi connectivity index (χ2v) is 10.5. The number of imide groups is 1. The van der Waals surface area contributed by atoms with Crippen LogP contribution in [0.4, 0.5) is 5.69 Å². The van der Waals surface area contributed by atoms with E-state index in [4.69, 9.17) is 4.74 Å². The van der Waals surface area contributed by atoms with E-state index in [0.717, 1.165) is 0 Å². The highest BCUT2D eigenvalue weighted by atomic mass is 16.5. The van der Waals surface area contributed by atoms with Crippen LogP contribution >= 0.6 is 0 Å². The maximum absolute atomic E-state index is 13.6. The molecule has 1 aliphatic carbocycles. The Kier molecular flexibility index (Phi) is 5.28. The first kappa shape index (κ1) is 22.3. The third-order valence-electron chi connectivity index (χ3n) is 7.07. The molecule has 3 rings (SSSR count). The van der Waals surface area contributed by atoms with Crippen molar-refractivity contribution in [1.82, 2.24) is 4.90 Å². The van der Waals surface area contributed by atoms with Crippen LogP contribution in [0.1, 0.15) is 61.8 Å². The van der Waals surface area contributed by atoms with E-state index < -0.39 is 11.6 Å². The fourth-order valence-corrected chi connectivity index (χ4v) is 4.85. The fraction of sp³-hybridized carbons (Fsp3) is 0.625. The van der Waals surface area contributed by atoms with Crippen molar-refractivity contribution in [2.75, 3.05) is 11.5 Å². The smallest absolute Gasteiger partial charge is 0.257 e. The van der Waals surface area contributed by atoms with Crippen molar-refractivity contribution < 1.29 is 19.1 Å². The van der Waals surface area contributed by atoms with E-state index in [1.165, 1.54) is 4.90 Å². The first-order valence-corrected chi connectivity index (χ1v) is 10.7. The summed E-state index contributed by atoms with van der Waals surface area (Å²) < 4.78 is 5.44. The first-order chi connectivity index (χ1) is 13.7. The molecule has 3 amide bonds. The molecule has 6 nitrogen and oxygen atoms in total. The Morgan fingerprint density at radius 3 is 2.07 bits per heavy atom. The average molecular weight is 415 g/mol. The van der Waals surface area contributed by atoms with Crippen LogP contribution in [0.5, 0.6) is 5.75 Å². The molecule has 1 heterocycles. The fourth-order valence-electron chi connectivity index (χ4n) is 4.85. The number of hydrogen-bond acceptors (Lipinski definition) is 4. The minimum absolute atomic E-state index is 0.00261. The molecule has 1 aromatic carbocycles. The molecule has 164 valence electrons. The molecule has 1 saturated heterocycles. The van der Waals surface area contributed by atoms with Crippen LogP contribution in [0, 0.1) is 16.7 Å². The van der Waals surface area contributed by atoms with Crippen molar-refractivity contribution in [2.45, 2.75) is 73.4 Å². The van der Waals surface area contributed by atoms with Crippen LogP contribution in [0.3, 0.4) is 0 Å². The average Bonchev–Trinajstić information content (AvgIpc) is 2.85. The summed E-state index contributed by atoms with van der Waals surface area (Å²) in [4.78, 5) is 42.7. The standard InChI is InChI=1S/C24H34N2O4/c1-9-30-16-12-10-15(11-13-16)25-18(27)14-17(20(25)28)26(22(2,3)4)21(29)19-23(5,6)24(19,7)8/h10-13,17,19H,9,14H2,1-8H3. The van der Waals surface area contributed by atoms with Gasteiger partial charge in [-0.25, -0.2) is 4.90 Å². The Bertz CT molecular complexity index is 850. The first-order valence-electron chi connectivity index (χ1n) is 10.7. The van der Waals surface area contributed by atoms with Gasteiger partial charge < -0.3 is 9.64 Å². The van der Waals surface area contributed by atoms with Crippen LogP contribution < -0.4 is 9.64 Å². The summed E-state index contributed by atoms with van der Waals surface area (Å²) in [6.45, 7) is 16.6. The molecule has 1 aliphatic heterocycles. The highest BCUT2D eigenvalue weighted by molar-refractivity contribution is 6.23. The minimum atomic E-state index is -0.788. The zero-order valence-corrected chi connectivity index (χ0v) is 19.4. The number of hydrogen-bond donors (Lipinski definition) is 0. The highest BCUT2D eigenvalue weighted by Crippen LogP contribution is 2.69. The molecular weight excluding hydrogens is 380 g/mol. The zero-order valence-electron chi connectivity index (χ0n) is 19.4.